The maximum Gasteiger partial charge on any atom is 0.273 e. The van der Waals surface area contributed by atoms with Crippen molar-refractivity contribution in [2.75, 3.05) is 17.2 Å². The van der Waals surface area contributed by atoms with Gasteiger partial charge < -0.3 is 15.4 Å². The summed E-state index contributed by atoms with van der Waals surface area (Å²) in [5, 5.41) is 9.00. The van der Waals surface area contributed by atoms with E-state index in [4.69, 9.17) is 27.9 Å². The molecule has 0 aliphatic heterocycles. The Morgan fingerprint density at radius 1 is 0.886 bits per heavy atom. The average Bonchev–Trinajstić information content (AvgIpc) is 3.36. The van der Waals surface area contributed by atoms with Crippen LogP contribution in [-0.2, 0) is 15.6 Å². The van der Waals surface area contributed by atoms with Gasteiger partial charge in [0.2, 0.25) is 0 Å². The number of carbonyl (C=O) groups excluding carboxylic acids is 2. The number of H-pyrrole nitrogens is 1. The number of nitrogens with zero attached hydrogens (tertiary/aromatic N) is 1. The van der Waals surface area contributed by atoms with Crippen molar-refractivity contribution in [3.63, 3.8) is 0 Å². The van der Waals surface area contributed by atoms with Crippen LogP contribution in [-0.4, -0.2) is 28.2 Å². The van der Waals surface area contributed by atoms with Crippen molar-refractivity contribution in [2.24, 2.45) is 0 Å². The summed E-state index contributed by atoms with van der Waals surface area (Å²) in [5.41, 5.74) is 2.81. The summed E-state index contributed by atoms with van der Waals surface area (Å²) in [4.78, 5) is 38.4. The fourth-order valence-electron chi connectivity index (χ4n) is 4.57. The zero-order chi connectivity index (χ0) is 32.2. The number of nitrogens with one attached hydrogen (secondary N) is 3. The third-order valence-corrected chi connectivity index (χ3v) is 8.70. The molecular formula is C34H38Cl2N4O4. The summed E-state index contributed by atoms with van der Waals surface area (Å²) in [7, 11) is 0. The molecule has 1 heterocycles. The number of aromatic amines is 1. The summed E-state index contributed by atoms with van der Waals surface area (Å²) >= 11 is 12.3. The lowest BCUT2D eigenvalue weighted by Gasteiger charge is -2.30. The highest BCUT2D eigenvalue weighted by atomic mass is 35.5. The Bertz CT molecular complexity index is 1740. The van der Waals surface area contributed by atoms with Gasteiger partial charge in [0.25, 0.3) is 17.4 Å². The minimum Gasteiger partial charge on any atom is -0.483 e. The van der Waals surface area contributed by atoms with E-state index in [1.807, 2.05) is 6.07 Å². The van der Waals surface area contributed by atoms with Gasteiger partial charge in [-0.3, -0.25) is 19.5 Å². The van der Waals surface area contributed by atoms with Crippen LogP contribution < -0.4 is 20.9 Å². The van der Waals surface area contributed by atoms with Crippen molar-refractivity contribution < 1.29 is 14.3 Å². The van der Waals surface area contributed by atoms with Crippen molar-refractivity contribution >= 4 is 46.5 Å². The third kappa shape index (κ3) is 7.55. The molecule has 3 N–H and O–H groups in total. The van der Waals surface area contributed by atoms with Gasteiger partial charge in [-0.25, -0.2) is 4.68 Å². The van der Waals surface area contributed by atoms with Gasteiger partial charge in [0, 0.05) is 27.9 Å². The van der Waals surface area contributed by atoms with Crippen molar-refractivity contribution in [1.82, 2.24) is 9.78 Å². The molecule has 1 aromatic heterocycles. The van der Waals surface area contributed by atoms with Gasteiger partial charge in [0.1, 0.15) is 11.6 Å². The van der Waals surface area contributed by atoms with Crippen LogP contribution in [0.2, 0.25) is 10.0 Å². The molecule has 4 rings (SSSR count). The molecule has 0 spiro atoms. The highest BCUT2D eigenvalue weighted by Crippen LogP contribution is 2.38. The molecule has 0 atom stereocenters. The number of carbonyl (C=O) groups is 2. The van der Waals surface area contributed by atoms with Crippen LogP contribution in [0.3, 0.4) is 0 Å². The van der Waals surface area contributed by atoms with E-state index < -0.39 is 11.5 Å². The number of hydrogen-bond donors (Lipinski definition) is 3. The summed E-state index contributed by atoms with van der Waals surface area (Å²) in [6, 6.07) is 18.7. The summed E-state index contributed by atoms with van der Waals surface area (Å²) in [5.74, 6) is -0.00106. The van der Waals surface area contributed by atoms with Crippen LogP contribution in [0.1, 0.15) is 75.9 Å². The zero-order valence-electron chi connectivity index (χ0n) is 25.8. The van der Waals surface area contributed by atoms with Gasteiger partial charge in [-0.05, 0) is 71.7 Å². The van der Waals surface area contributed by atoms with Gasteiger partial charge >= 0.3 is 0 Å². The molecule has 8 nitrogen and oxygen atoms in total. The summed E-state index contributed by atoms with van der Waals surface area (Å²) in [6.07, 6.45) is 1.91. The quantitative estimate of drug-likeness (QED) is 0.155. The van der Waals surface area contributed by atoms with Gasteiger partial charge in [0.15, 0.2) is 6.61 Å². The molecule has 0 aliphatic carbocycles. The molecule has 2 amide bonds. The second-order valence-corrected chi connectivity index (χ2v) is 12.8. The predicted octanol–water partition coefficient (Wildman–Crippen LogP) is 8.12. The van der Waals surface area contributed by atoms with Crippen LogP contribution in [0.4, 0.5) is 11.5 Å². The van der Waals surface area contributed by atoms with E-state index in [1.165, 1.54) is 22.4 Å². The first kappa shape index (κ1) is 32.9. The van der Waals surface area contributed by atoms with Crippen molar-refractivity contribution in [2.45, 2.75) is 65.2 Å². The van der Waals surface area contributed by atoms with Crippen LogP contribution >= 0.6 is 23.2 Å². The molecule has 0 radical (unpaired) electrons. The SMILES string of the molecule is CCC(C)(C)c1ccc(OCC(=O)Nc2cccc(C(=O)Nc3cc(=O)n(-c4cc(Cl)ccc4Cl)[nH]3)c2)c(C(C)(C)CC)c1. The van der Waals surface area contributed by atoms with Crippen LogP contribution in [0, 0.1) is 0 Å². The molecule has 0 bridgehead atoms. The molecule has 0 aliphatic rings. The maximum absolute atomic E-state index is 13.0. The molecule has 10 heteroatoms. The highest BCUT2D eigenvalue weighted by Gasteiger charge is 2.27. The Hall–Kier alpha value is -4.01. The lowest BCUT2D eigenvalue weighted by molar-refractivity contribution is -0.118. The summed E-state index contributed by atoms with van der Waals surface area (Å²) < 4.78 is 7.22. The maximum atomic E-state index is 13.0. The summed E-state index contributed by atoms with van der Waals surface area (Å²) in [6.45, 7) is 12.9. The van der Waals surface area contributed by atoms with Crippen molar-refractivity contribution in [1.29, 1.82) is 0 Å². The third-order valence-electron chi connectivity index (χ3n) is 8.14. The van der Waals surface area contributed by atoms with E-state index in [0.717, 1.165) is 18.4 Å². The molecule has 0 unspecified atom stereocenters. The normalized spacial score (nSPS) is 11.7. The zero-order valence-corrected chi connectivity index (χ0v) is 27.3. The van der Waals surface area contributed by atoms with E-state index in [9.17, 15) is 14.4 Å². The first-order valence-corrected chi connectivity index (χ1v) is 15.3. The number of ether oxygens (including phenoxy) is 1. The number of rotatable bonds is 11. The fraction of sp³-hybridized carbons (Fsp3) is 0.324. The first-order valence-electron chi connectivity index (χ1n) is 14.5. The molecule has 44 heavy (non-hydrogen) atoms. The van der Waals surface area contributed by atoms with Crippen LogP contribution in [0.5, 0.6) is 5.75 Å². The molecule has 0 saturated carbocycles. The lowest BCUT2D eigenvalue weighted by Crippen LogP contribution is -2.24. The molecule has 0 saturated heterocycles. The molecule has 0 fully saturated rings. The monoisotopic (exact) mass is 636 g/mol. The highest BCUT2D eigenvalue weighted by molar-refractivity contribution is 6.34. The van der Waals surface area contributed by atoms with Gasteiger partial charge in [-0.1, -0.05) is 82.9 Å². The van der Waals surface area contributed by atoms with Crippen LogP contribution in [0.25, 0.3) is 5.69 Å². The molecule has 232 valence electrons. The van der Waals surface area contributed by atoms with E-state index in [2.05, 4.69) is 69.4 Å². The van der Waals surface area contributed by atoms with Gasteiger partial charge in [-0.15, -0.1) is 0 Å². The molecule has 3 aromatic carbocycles. The fourth-order valence-corrected chi connectivity index (χ4v) is 4.94. The second-order valence-electron chi connectivity index (χ2n) is 12.0. The Morgan fingerprint density at radius 2 is 1.61 bits per heavy atom. The largest absolute Gasteiger partial charge is 0.483 e. The van der Waals surface area contributed by atoms with Crippen LogP contribution in [0.15, 0.2) is 71.5 Å². The second kappa shape index (κ2) is 13.3. The number of hydrogen-bond acceptors (Lipinski definition) is 4. The number of benzene rings is 3. The number of anilines is 2. The topological polar surface area (TPSA) is 105 Å². The van der Waals surface area contributed by atoms with Crippen molar-refractivity contribution in [3.8, 4) is 11.4 Å². The Morgan fingerprint density at radius 3 is 2.32 bits per heavy atom. The van der Waals surface area contributed by atoms with Crippen molar-refractivity contribution in [3.05, 3.63) is 104 Å². The molecule has 4 aromatic rings. The number of amides is 2. The number of aromatic nitrogens is 2. The minimum atomic E-state index is -0.482. The molecular weight excluding hydrogens is 599 g/mol. The minimum absolute atomic E-state index is 0.0228. The standard InChI is InChI=1S/C34H38Cl2N4O4/c1-7-33(3,4)22-12-15-28(25(17-22)34(5,6)8-2)44-20-30(41)37-24-11-9-10-21(16-24)32(43)38-29-19-31(42)40(39-29)27-18-23(35)13-14-26(27)36/h9-19,39H,7-8,20H2,1-6H3,(H,37,41)(H,38,43). The Kier molecular flexibility index (Phi) is 9.96. The smallest absolute Gasteiger partial charge is 0.273 e. The van der Waals surface area contributed by atoms with E-state index in [-0.39, 0.29) is 34.7 Å². The van der Waals surface area contributed by atoms with E-state index in [1.54, 1.807) is 36.4 Å². The predicted molar refractivity (Wildman–Crippen MR) is 178 cm³/mol. The lowest BCUT2D eigenvalue weighted by atomic mass is 9.76. The Labute approximate surface area is 267 Å². The first-order chi connectivity index (χ1) is 20.7. The number of halogens is 2. The average molecular weight is 638 g/mol. The van der Waals surface area contributed by atoms with E-state index >= 15 is 0 Å². The van der Waals surface area contributed by atoms with Gasteiger partial charge in [0.05, 0.1) is 10.7 Å². The Balaban J connectivity index is 1.44. The van der Waals surface area contributed by atoms with E-state index in [0.29, 0.717) is 27.2 Å². The van der Waals surface area contributed by atoms with Gasteiger partial charge in [-0.2, -0.15) is 0 Å².